The first-order valence-electron chi connectivity index (χ1n) is 16.4. The molecule has 52 heavy (non-hydrogen) atoms. The van der Waals surface area contributed by atoms with Crippen LogP contribution in [0.5, 0.6) is 5.88 Å². The number of fused-ring (bicyclic) bond motifs is 2. The zero-order chi connectivity index (χ0) is 38.2. The summed E-state index contributed by atoms with van der Waals surface area (Å²) in [5.74, 6) is -3.36. The number of carboxylic acids is 1. The van der Waals surface area contributed by atoms with Crippen LogP contribution < -0.4 is 4.74 Å². The first kappa shape index (κ1) is 37.0. The Bertz CT molecular complexity index is 2190. The number of ether oxygens (including phenoxy) is 2. The van der Waals surface area contributed by atoms with Crippen molar-refractivity contribution in [3.05, 3.63) is 82.4 Å². The number of alkyl halides is 3. The van der Waals surface area contributed by atoms with Gasteiger partial charge in [0.2, 0.25) is 21.7 Å². The summed E-state index contributed by atoms with van der Waals surface area (Å²) in [6, 6.07) is 9.53. The summed E-state index contributed by atoms with van der Waals surface area (Å²) in [5.41, 5.74) is -0.951. The summed E-state index contributed by atoms with van der Waals surface area (Å²) in [6.07, 6.45) is -2.73. The summed E-state index contributed by atoms with van der Waals surface area (Å²) >= 11 is 0. The molecule has 1 amide bonds. The molecule has 1 saturated heterocycles. The second-order valence-corrected chi connectivity index (χ2v) is 16.9. The van der Waals surface area contributed by atoms with Crippen LogP contribution in [0.4, 0.5) is 18.0 Å². The molecule has 0 radical (unpaired) electrons. The van der Waals surface area contributed by atoms with E-state index in [4.69, 9.17) is 9.47 Å². The predicted octanol–water partition coefficient (Wildman–Crippen LogP) is 5.58. The molecule has 3 aromatic heterocycles. The van der Waals surface area contributed by atoms with Crippen molar-refractivity contribution in [3.63, 3.8) is 0 Å². The molecule has 13 nitrogen and oxygen atoms in total. The van der Waals surface area contributed by atoms with Gasteiger partial charge in [-0.1, -0.05) is 18.2 Å². The van der Waals surface area contributed by atoms with Crippen LogP contribution in [0.25, 0.3) is 5.65 Å². The van der Waals surface area contributed by atoms with E-state index in [-0.39, 0.29) is 42.6 Å². The normalized spacial score (nSPS) is 17.9. The average molecular weight is 745 g/mol. The molecular weight excluding hydrogens is 705 g/mol. The zero-order valence-corrected chi connectivity index (χ0v) is 30.5. The number of sulfonamides is 1. The van der Waals surface area contributed by atoms with Crippen LogP contribution in [-0.4, -0.2) is 85.2 Å². The number of halogens is 3. The first-order chi connectivity index (χ1) is 24.0. The number of hydrogen-bond acceptors (Lipinski definition) is 9. The number of hydrogen-bond donors (Lipinski definition) is 1. The van der Waals surface area contributed by atoms with Crippen molar-refractivity contribution in [3.8, 4) is 5.88 Å². The van der Waals surface area contributed by atoms with Gasteiger partial charge in [0, 0.05) is 24.9 Å². The van der Waals surface area contributed by atoms with Gasteiger partial charge in [0.05, 0.1) is 25.0 Å². The third-order valence-electron chi connectivity index (χ3n) is 9.50. The molecule has 1 spiro atoms. The summed E-state index contributed by atoms with van der Waals surface area (Å²) in [7, 11) is -4.21. The highest BCUT2D eigenvalue weighted by Gasteiger charge is 2.54. The standard InChI is InChI=1S/C35H39F3N6O7S/c1-20-10-11-22(26(33(6,7)30(45)46)24-12-14-44-27(21(24)2)40-41-29(44)35(36,37)38)15-23(20)16-43-19-34(17-42(18-34)31(47)51-32(3,4)5)50-28-25(52(43,48)49)9-8-13-39-28/h8-15,26H,16-19H2,1-7H3,(H,45,46). The van der Waals surface area contributed by atoms with Crippen LogP contribution in [0.1, 0.15) is 74.2 Å². The summed E-state index contributed by atoms with van der Waals surface area (Å²) < 4.78 is 83.2. The van der Waals surface area contributed by atoms with E-state index in [1.165, 1.54) is 53.6 Å². The van der Waals surface area contributed by atoms with Crippen molar-refractivity contribution in [1.82, 2.24) is 28.8 Å². The molecule has 278 valence electrons. The molecule has 1 aromatic carbocycles. The molecular formula is C35H39F3N6O7S. The second kappa shape index (κ2) is 12.4. The number of rotatable bonds is 6. The van der Waals surface area contributed by atoms with Crippen molar-refractivity contribution in [2.24, 2.45) is 5.41 Å². The molecule has 4 aromatic rings. The monoisotopic (exact) mass is 744 g/mol. The van der Waals surface area contributed by atoms with Gasteiger partial charge >= 0.3 is 18.2 Å². The Morgan fingerprint density at radius 3 is 2.37 bits per heavy atom. The van der Waals surface area contributed by atoms with Gasteiger partial charge in [-0.25, -0.2) is 18.2 Å². The van der Waals surface area contributed by atoms with E-state index >= 15 is 0 Å². The highest BCUT2D eigenvalue weighted by atomic mass is 32.2. The van der Waals surface area contributed by atoms with Crippen LogP contribution in [-0.2, 0) is 32.3 Å². The van der Waals surface area contributed by atoms with E-state index < -0.39 is 56.6 Å². The van der Waals surface area contributed by atoms with E-state index in [0.29, 0.717) is 27.8 Å². The van der Waals surface area contributed by atoms with Gasteiger partial charge in [0.1, 0.15) is 10.5 Å². The van der Waals surface area contributed by atoms with Crippen LogP contribution in [0.2, 0.25) is 0 Å². The number of aliphatic carboxylic acids is 1. The summed E-state index contributed by atoms with van der Waals surface area (Å²) in [4.78, 5) is 31.1. The van der Waals surface area contributed by atoms with Crippen molar-refractivity contribution < 1.29 is 45.8 Å². The number of amides is 1. The number of carboxylic acid groups (broad SMARTS) is 1. The van der Waals surface area contributed by atoms with Gasteiger partial charge in [-0.2, -0.15) is 17.5 Å². The maximum Gasteiger partial charge on any atom is 0.452 e. The fraction of sp³-hybridized carbons (Fsp3) is 0.457. The molecule has 0 bridgehead atoms. The lowest BCUT2D eigenvalue weighted by molar-refractivity contribution is -0.147. The van der Waals surface area contributed by atoms with Crippen LogP contribution >= 0.6 is 0 Å². The minimum Gasteiger partial charge on any atom is -0.481 e. The van der Waals surface area contributed by atoms with Gasteiger partial charge < -0.3 is 14.6 Å². The third kappa shape index (κ3) is 6.55. The number of aryl methyl sites for hydroxylation is 2. The van der Waals surface area contributed by atoms with Crippen molar-refractivity contribution in [2.75, 3.05) is 19.6 Å². The fourth-order valence-corrected chi connectivity index (χ4v) is 8.34. The number of pyridine rings is 2. The lowest BCUT2D eigenvalue weighted by Gasteiger charge is -2.49. The third-order valence-corrected chi connectivity index (χ3v) is 11.3. The Kier molecular flexibility index (Phi) is 8.84. The Morgan fingerprint density at radius 2 is 1.73 bits per heavy atom. The molecule has 1 fully saturated rings. The smallest absolute Gasteiger partial charge is 0.452 e. The molecule has 1 atom stereocenters. The Labute approximate surface area is 298 Å². The second-order valence-electron chi connectivity index (χ2n) is 15.0. The van der Waals surface area contributed by atoms with Gasteiger partial charge in [-0.3, -0.25) is 14.1 Å². The minimum atomic E-state index is -4.76. The zero-order valence-electron chi connectivity index (χ0n) is 29.6. The van der Waals surface area contributed by atoms with E-state index in [1.807, 2.05) is 0 Å². The van der Waals surface area contributed by atoms with E-state index in [1.54, 1.807) is 52.8 Å². The van der Waals surface area contributed by atoms with Gasteiger partial charge in [0.15, 0.2) is 11.2 Å². The number of carbonyl (C=O) groups is 2. The number of carbonyl (C=O) groups excluding carboxylic acids is 1. The predicted molar refractivity (Wildman–Crippen MR) is 180 cm³/mol. The number of nitrogens with zero attached hydrogens (tertiary/aromatic N) is 6. The SMILES string of the molecule is Cc1ccc(C(c2ccn3c(C(F)(F)F)nnc3c2C)C(C)(C)C(=O)O)cc1CN1CC2(CN(C(=O)OC(C)(C)C)C2)Oc2ncccc2S1(=O)=O. The number of aromatic nitrogens is 4. The minimum absolute atomic E-state index is 0.0400. The lowest BCUT2D eigenvalue weighted by atomic mass is 9.70. The highest BCUT2D eigenvalue weighted by molar-refractivity contribution is 7.89. The Morgan fingerprint density at radius 1 is 1.04 bits per heavy atom. The van der Waals surface area contributed by atoms with Crippen LogP contribution in [0.15, 0.2) is 53.7 Å². The Balaban J connectivity index is 1.41. The molecule has 1 unspecified atom stereocenters. The molecule has 2 aliphatic heterocycles. The Hall–Kier alpha value is -4.77. The maximum atomic E-state index is 14.2. The first-order valence-corrected chi connectivity index (χ1v) is 17.8. The number of likely N-dealkylation sites (tertiary alicyclic amines) is 1. The van der Waals surface area contributed by atoms with E-state index in [2.05, 4.69) is 15.2 Å². The van der Waals surface area contributed by atoms with Crippen LogP contribution in [0.3, 0.4) is 0 Å². The van der Waals surface area contributed by atoms with E-state index in [9.17, 15) is 36.3 Å². The molecule has 6 rings (SSSR count). The molecule has 5 heterocycles. The molecule has 0 aliphatic carbocycles. The van der Waals surface area contributed by atoms with Crippen LogP contribution in [0, 0.1) is 19.3 Å². The topological polar surface area (TPSA) is 157 Å². The summed E-state index contributed by atoms with van der Waals surface area (Å²) in [6.45, 7) is 11.4. The average Bonchev–Trinajstić information content (AvgIpc) is 3.43. The highest BCUT2D eigenvalue weighted by Crippen LogP contribution is 2.45. The van der Waals surface area contributed by atoms with Gasteiger partial charge in [-0.15, -0.1) is 10.2 Å². The van der Waals surface area contributed by atoms with Gasteiger partial charge in [-0.05, 0) is 94.5 Å². The summed E-state index contributed by atoms with van der Waals surface area (Å²) in [5, 5.41) is 17.5. The molecule has 17 heteroatoms. The molecule has 2 aliphatic rings. The van der Waals surface area contributed by atoms with Crippen molar-refractivity contribution in [2.45, 2.75) is 83.2 Å². The number of benzene rings is 1. The van der Waals surface area contributed by atoms with Gasteiger partial charge in [0.25, 0.3) is 0 Å². The largest absolute Gasteiger partial charge is 0.481 e. The van der Waals surface area contributed by atoms with Crippen molar-refractivity contribution >= 4 is 27.7 Å². The molecule has 0 saturated carbocycles. The maximum absolute atomic E-state index is 14.2. The molecule has 1 N–H and O–H groups in total. The van der Waals surface area contributed by atoms with E-state index in [0.717, 1.165) is 4.40 Å². The quantitative estimate of drug-likeness (QED) is 0.265. The van der Waals surface area contributed by atoms with Crippen molar-refractivity contribution in [1.29, 1.82) is 0 Å². The lowest BCUT2D eigenvalue weighted by Crippen LogP contribution is -2.70. The fourth-order valence-electron chi connectivity index (χ4n) is 6.79.